The van der Waals surface area contributed by atoms with Crippen molar-refractivity contribution in [1.29, 1.82) is 0 Å². The maximum absolute atomic E-state index is 12.5. The normalized spacial score (nSPS) is 11.9. The van der Waals surface area contributed by atoms with Gasteiger partial charge in [0.05, 0.1) is 12.5 Å². The van der Waals surface area contributed by atoms with E-state index in [0.29, 0.717) is 11.6 Å². The van der Waals surface area contributed by atoms with Crippen LogP contribution in [0.15, 0.2) is 48.5 Å². The molecule has 2 N–H and O–H groups in total. The molecule has 0 bridgehead atoms. The summed E-state index contributed by atoms with van der Waals surface area (Å²) in [6, 6.07) is 15.0. The van der Waals surface area contributed by atoms with Crippen LogP contribution in [0.25, 0.3) is 0 Å². The molecular weight excluding hydrogens is 374 g/mol. The molecule has 0 saturated heterocycles. The first-order valence-corrected chi connectivity index (χ1v) is 9.80. The largest absolute Gasteiger partial charge is 0.352 e. The van der Waals surface area contributed by atoms with E-state index in [0.717, 1.165) is 24.2 Å². The number of amides is 2. The molecule has 1 unspecified atom stereocenters. The van der Waals surface area contributed by atoms with Gasteiger partial charge in [-0.1, -0.05) is 54.9 Å². The van der Waals surface area contributed by atoms with Gasteiger partial charge in [0.25, 0.3) is 0 Å². The Bertz CT molecular complexity index is 793. The van der Waals surface area contributed by atoms with Gasteiger partial charge in [0, 0.05) is 25.0 Å². The minimum absolute atomic E-state index is 0.121. The van der Waals surface area contributed by atoms with Crippen LogP contribution in [-0.4, -0.2) is 30.3 Å². The van der Waals surface area contributed by atoms with Gasteiger partial charge in [-0.05, 0) is 42.4 Å². The summed E-state index contributed by atoms with van der Waals surface area (Å²) in [5.41, 5.74) is 3.12. The second-order valence-electron chi connectivity index (χ2n) is 6.94. The van der Waals surface area contributed by atoms with E-state index in [4.69, 9.17) is 11.6 Å². The van der Waals surface area contributed by atoms with Gasteiger partial charge in [-0.25, -0.2) is 0 Å². The smallest absolute Gasteiger partial charge is 0.222 e. The molecule has 2 aromatic rings. The molecule has 6 heteroatoms. The number of nitrogens with one attached hydrogen (secondary N) is 2. The second-order valence-corrected chi connectivity index (χ2v) is 7.37. The summed E-state index contributed by atoms with van der Waals surface area (Å²) in [6.45, 7) is 5.88. The number of benzene rings is 2. The molecule has 2 aromatic carbocycles. The summed E-state index contributed by atoms with van der Waals surface area (Å²) in [7, 11) is 2.08. The molecule has 0 aliphatic carbocycles. The van der Waals surface area contributed by atoms with Crippen LogP contribution in [0.3, 0.4) is 0 Å². The molecule has 0 aliphatic heterocycles. The van der Waals surface area contributed by atoms with Crippen molar-refractivity contribution >= 4 is 23.4 Å². The number of carbonyl (C=O) groups excluding carboxylic acids is 2. The van der Waals surface area contributed by atoms with Crippen LogP contribution >= 0.6 is 11.6 Å². The van der Waals surface area contributed by atoms with Crippen LogP contribution in [0.1, 0.15) is 43.0 Å². The average molecular weight is 402 g/mol. The van der Waals surface area contributed by atoms with Crippen molar-refractivity contribution in [2.24, 2.45) is 0 Å². The lowest BCUT2D eigenvalue weighted by Gasteiger charge is -2.18. The lowest BCUT2D eigenvalue weighted by atomic mass is 10.0. The van der Waals surface area contributed by atoms with Gasteiger partial charge in [0.2, 0.25) is 11.8 Å². The van der Waals surface area contributed by atoms with Crippen molar-refractivity contribution in [3.05, 3.63) is 70.2 Å². The third kappa shape index (κ3) is 7.33. The minimum atomic E-state index is -0.390. The molecule has 2 rings (SSSR count). The summed E-state index contributed by atoms with van der Waals surface area (Å²) >= 11 is 5.93. The van der Waals surface area contributed by atoms with Crippen molar-refractivity contribution in [2.45, 2.75) is 39.4 Å². The molecule has 0 fully saturated rings. The monoisotopic (exact) mass is 401 g/mol. The maximum atomic E-state index is 12.5. The number of rotatable bonds is 9. The lowest BCUT2D eigenvalue weighted by molar-refractivity contribution is -0.122. The Morgan fingerprint density at radius 2 is 1.79 bits per heavy atom. The third-order valence-corrected chi connectivity index (χ3v) is 4.76. The van der Waals surface area contributed by atoms with Crippen LogP contribution in [0.4, 0.5) is 0 Å². The van der Waals surface area contributed by atoms with Gasteiger partial charge in [-0.2, -0.15) is 0 Å². The molecular formula is C22H28ClN3O2. The number of hydrogen-bond acceptors (Lipinski definition) is 3. The fraction of sp³-hybridized carbons (Fsp3) is 0.364. The van der Waals surface area contributed by atoms with Gasteiger partial charge in [-0.3, -0.25) is 9.59 Å². The number of nitrogens with zero attached hydrogens (tertiary/aromatic N) is 1. The zero-order valence-electron chi connectivity index (χ0n) is 16.7. The Hall–Kier alpha value is -2.37. The van der Waals surface area contributed by atoms with E-state index in [2.05, 4.69) is 41.6 Å². The van der Waals surface area contributed by atoms with Crippen LogP contribution in [0, 0.1) is 0 Å². The standard InChI is InChI=1S/C22H28ClN3O2/c1-4-26(3)15-18-7-5-6-17(12-18)14-24-22(28)13-21(25-16(2)27)19-8-10-20(23)11-9-19/h5-12,21H,4,13-15H2,1-3H3,(H,24,28)(H,25,27). The zero-order valence-corrected chi connectivity index (χ0v) is 17.4. The molecule has 0 aliphatic rings. The van der Waals surface area contributed by atoms with Gasteiger partial charge in [0.15, 0.2) is 0 Å². The first kappa shape index (κ1) is 21.9. The van der Waals surface area contributed by atoms with Crippen LogP contribution in [0.5, 0.6) is 0 Å². The highest BCUT2D eigenvalue weighted by Gasteiger charge is 2.17. The SMILES string of the molecule is CCN(C)Cc1cccc(CNC(=O)CC(NC(C)=O)c2ccc(Cl)cc2)c1. The number of hydrogen-bond donors (Lipinski definition) is 2. The first-order chi connectivity index (χ1) is 13.4. The summed E-state index contributed by atoms with van der Waals surface area (Å²) in [6.07, 6.45) is 0.166. The van der Waals surface area contributed by atoms with E-state index >= 15 is 0 Å². The Morgan fingerprint density at radius 1 is 1.11 bits per heavy atom. The summed E-state index contributed by atoms with van der Waals surface area (Å²) < 4.78 is 0. The predicted octanol–water partition coefficient (Wildman–Crippen LogP) is 3.68. The highest BCUT2D eigenvalue weighted by atomic mass is 35.5. The molecule has 28 heavy (non-hydrogen) atoms. The van der Waals surface area contributed by atoms with Gasteiger partial charge < -0.3 is 15.5 Å². The van der Waals surface area contributed by atoms with Gasteiger partial charge in [-0.15, -0.1) is 0 Å². The topological polar surface area (TPSA) is 61.4 Å². The van der Waals surface area contributed by atoms with E-state index < -0.39 is 0 Å². The van der Waals surface area contributed by atoms with Crippen LogP contribution in [-0.2, 0) is 22.7 Å². The van der Waals surface area contributed by atoms with Crippen LogP contribution < -0.4 is 10.6 Å². The Morgan fingerprint density at radius 3 is 2.43 bits per heavy atom. The Labute approximate surface area is 172 Å². The second kappa shape index (κ2) is 10.8. The van der Waals surface area contributed by atoms with Crippen molar-refractivity contribution in [3.63, 3.8) is 0 Å². The van der Waals surface area contributed by atoms with E-state index in [-0.39, 0.29) is 24.3 Å². The molecule has 0 heterocycles. The molecule has 2 amide bonds. The first-order valence-electron chi connectivity index (χ1n) is 9.43. The van der Waals surface area contributed by atoms with Crippen molar-refractivity contribution in [2.75, 3.05) is 13.6 Å². The molecule has 0 aromatic heterocycles. The van der Waals surface area contributed by atoms with Crippen molar-refractivity contribution in [3.8, 4) is 0 Å². The highest BCUT2D eigenvalue weighted by molar-refractivity contribution is 6.30. The maximum Gasteiger partial charge on any atom is 0.222 e. The minimum Gasteiger partial charge on any atom is -0.352 e. The van der Waals surface area contributed by atoms with E-state index in [1.54, 1.807) is 12.1 Å². The molecule has 0 saturated carbocycles. The zero-order chi connectivity index (χ0) is 20.5. The van der Waals surface area contributed by atoms with Crippen LogP contribution in [0.2, 0.25) is 5.02 Å². The van der Waals surface area contributed by atoms with Crippen molar-refractivity contribution < 1.29 is 9.59 Å². The van der Waals surface area contributed by atoms with Gasteiger partial charge >= 0.3 is 0 Å². The average Bonchev–Trinajstić information content (AvgIpc) is 2.66. The van der Waals surface area contributed by atoms with E-state index in [1.165, 1.54) is 12.5 Å². The lowest BCUT2D eigenvalue weighted by Crippen LogP contribution is -2.32. The highest BCUT2D eigenvalue weighted by Crippen LogP contribution is 2.19. The molecule has 1 atom stereocenters. The third-order valence-electron chi connectivity index (χ3n) is 4.51. The Balaban J connectivity index is 1.96. The molecule has 0 radical (unpaired) electrons. The fourth-order valence-electron chi connectivity index (χ4n) is 2.91. The number of halogens is 1. The number of carbonyl (C=O) groups is 2. The fourth-order valence-corrected chi connectivity index (χ4v) is 3.04. The summed E-state index contributed by atoms with van der Waals surface area (Å²) in [5, 5.41) is 6.40. The predicted molar refractivity (Wildman–Crippen MR) is 113 cm³/mol. The summed E-state index contributed by atoms with van der Waals surface area (Å²) in [5.74, 6) is -0.301. The molecule has 5 nitrogen and oxygen atoms in total. The van der Waals surface area contributed by atoms with E-state index in [9.17, 15) is 9.59 Å². The van der Waals surface area contributed by atoms with E-state index in [1.807, 2.05) is 24.3 Å². The van der Waals surface area contributed by atoms with Gasteiger partial charge in [0.1, 0.15) is 0 Å². The summed E-state index contributed by atoms with van der Waals surface area (Å²) in [4.78, 5) is 26.2. The Kier molecular flexibility index (Phi) is 8.48. The molecule has 0 spiro atoms. The van der Waals surface area contributed by atoms with Crippen molar-refractivity contribution in [1.82, 2.24) is 15.5 Å². The molecule has 150 valence electrons. The quantitative estimate of drug-likeness (QED) is 0.673.